The molecule has 4 N–H and O–H groups in total. The summed E-state index contributed by atoms with van der Waals surface area (Å²) in [5, 5.41) is 28.6. The van der Waals surface area contributed by atoms with Gasteiger partial charge in [0.1, 0.15) is 6.29 Å². The van der Waals surface area contributed by atoms with Gasteiger partial charge >= 0.3 is 11.9 Å². The van der Waals surface area contributed by atoms with Crippen LogP contribution in [0.5, 0.6) is 0 Å². The molecule has 0 atom stereocenters. The third kappa shape index (κ3) is 14.8. The molecular formula is C28H45N5O8. The summed E-state index contributed by atoms with van der Waals surface area (Å²) in [6, 6.07) is 7.14. The Balaban J connectivity index is 0.00000411. The van der Waals surface area contributed by atoms with Gasteiger partial charge in [-0.25, -0.2) is 0 Å². The second-order valence-corrected chi connectivity index (χ2v) is 10.1. The van der Waals surface area contributed by atoms with E-state index in [1.54, 1.807) is 21.9 Å². The van der Waals surface area contributed by atoms with Crippen molar-refractivity contribution in [2.75, 3.05) is 85.6 Å². The smallest absolute Gasteiger partial charge is 0.317 e. The minimum absolute atomic E-state index is 0.0613. The van der Waals surface area contributed by atoms with Gasteiger partial charge in [0.05, 0.1) is 26.2 Å². The maximum absolute atomic E-state index is 12.8. The number of hydrogen-bond donors (Lipinski definition) is 4. The molecule has 0 saturated carbocycles. The number of carboxylic acid groups (broad SMARTS) is 2. The number of carboxylic acids is 2. The van der Waals surface area contributed by atoms with Crippen molar-refractivity contribution in [3.8, 4) is 0 Å². The number of nitrogens with zero attached hydrogens (tertiary/aromatic N) is 4. The molecule has 13 nitrogen and oxygen atoms in total. The second-order valence-electron chi connectivity index (χ2n) is 10.1. The number of nitrogens with one attached hydrogen (secondary N) is 1. The first-order valence-corrected chi connectivity index (χ1v) is 13.7. The predicted octanol–water partition coefficient (Wildman–Crippen LogP) is -0.660. The molecular weight excluding hydrogens is 534 g/mol. The van der Waals surface area contributed by atoms with Crippen molar-refractivity contribution in [3.63, 3.8) is 0 Å². The fourth-order valence-corrected chi connectivity index (χ4v) is 4.30. The molecule has 0 aromatic heterocycles. The number of ketones is 1. The summed E-state index contributed by atoms with van der Waals surface area (Å²) < 4.78 is 0. The molecule has 41 heavy (non-hydrogen) atoms. The van der Waals surface area contributed by atoms with Crippen molar-refractivity contribution in [1.29, 1.82) is 0 Å². The lowest BCUT2D eigenvalue weighted by Crippen LogP contribution is -2.49. The van der Waals surface area contributed by atoms with Crippen molar-refractivity contribution < 1.29 is 39.3 Å². The van der Waals surface area contributed by atoms with Gasteiger partial charge in [-0.1, -0.05) is 38.1 Å². The first-order chi connectivity index (χ1) is 19.6. The summed E-state index contributed by atoms with van der Waals surface area (Å²) in [6.45, 7) is 7.36. The molecule has 1 aliphatic rings. The van der Waals surface area contributed by atoms with E-state index in [0.29, 0.717) is 64.5 Å². The Morgan fingerprint density at radius 3 is 1.56 bits per heavy atom. The molecule has 2 rings (SSSR count). The normalized spacial score (nSPS) is 16.5. The van der Waals surface area contributed by atoms with Gasteiger partial charge in [-0.05, 0) is 5.56 Å². The molecule has 1 fully saturated rings. The van der Waals surface area contributed by atoms with Crippen LogP contribution in [0.15, 0.2) is 24.3 Å². The van der Waals surface area contributed by atoms with Gasteiger partial charge in [0.15, 0.2) is 5.78 Å². The summed E-state index contributed by atoms with van der Waals surface area (Å²) in [7, 11) is 1.00. The van der Waals surface area contributed by atoms with Crippen LogP contribution in [-0.2, 0) is 25.7 Å². The Hall–Kier alpha value is -3.23. The average molecular weight is 580 g/mol. The zero-order valence-electron chi connectivity index (χ0n) is 24.3. The molecule has 1 aromatic rings. The molecule has 1 amide bonds. The molecule has 230 valence electrons. The van der Waals surface area contributed by atoms with Gasteiger partial charge in [0, 0.05) is 77.5 Å². The lowest BCUT2D eigenvalue weighted by Gasteiger charge is -2.32. The van der Waals surface area contributed by atoms with Crippen molar-refractivity contribution in [1.82, 2.24) is 24.9 Å². The zero-order chi connectivity index (χ0) is 30.8. The topological polar surface area (TPSA) is 171 Å². The minimum Gasteiger partial charge on any atom is -0.480 e. The summed E-state index contributed by atoms with van der Waals surface area (Å²) >= 11 is 0. The van der Waals surface area contributed by atoms with Crippen LogP contribution in [0.4, 0.5) is 0 Å². The Morgan fingerprint density at radius 1 is 0.756 bits per heavy atom. The number of carbonyl (C=O) groups excluding carboxylic acids is 3. The van der Waals surface area contributed by atoms with E-state index < -0.39 is 11.9 Å². The van der Waals surface area contributed by atoms with E-state index in [1.165, 1.54) is 0 Å². The number of carbonyl (C=O) groups is 5. The van der Waals surface area contributed by atoms with Gasteiger partial charge in [-0.15, -0.1) is 0 Å². The third-order valence-electron chi connectivity index (χ3n) is 6.60. The minimum atomic E-state index is -0.956. The fraction of sp³-hybridized carbons (Fsp3) is 0.607. The molecule has 1 aliphatic heterocycles. The van der Waals surface area contributed by atoms with Gasteiger partial charge in [-0.3, -0.25) is 38.8 Å². The van der Waals surface area contributed by atoms with E-state index >= 15 is 0 Å². The number of hydrogen-bond acceptors (Lipinski definition) is 10. The summed E-state index contributed by atoms with van der Waals surface area (Å²) in [5.41, 5.74) is 1.49. The highest BCUT2D eigenvalue weighted by molar-refractivity contribution is 5.97. The first kappa shape index (κ1) is 35.8. The molecule has 0 spiro atoms. The van der Waals surface area contributed by atoms with Crippen molar-refractivity contribution in [2.24, 2.45) is 5.92 Å². The van der Waals surface area contributed by atoms with Gasteiger partial charge in [0.25, 0.3) is 0 Å². The highest BCUT2D eigenvalue weighted by Crippen LogP contribution is 2.10. The van der Waals surface area contributed by atoms with E-state index in [2.05, 4.69) is 5.32 Å². The first-order valence-electron chi connectivity index (χ1n) is 13.7. The van der Waals surface area contributed by atoms with Crippen molar-refractivity contribution >= 4 is 29.9 Å². The molecule has 13 heteroatoms. The van der Waals surface area contributed by atoms with Gasteiger partial charge in [0.2, 0.25) is 5.91 Å². The highest BCUT2D eigenvalue weighted by atomic mass is 16.4. The van der Waals surface area contributed by atoms with Crippen LogP contribution in [-0.4, -0.2) is 150 Å². The van der Waals surface area contributed by atoms with E-state index in [1.807, 2.05) is 35.8 Å². The van der Waals surface area contributed by atoms with Gasteiger partial charge in [-0.2, -0.15) is 0 Å². The maximum atomic E-state index is 12.8. The number of aliphatic carboxylic acids is 2. The van der Waals surface area contributed by atoms with Crippen molar-refractivity contribution in [2.45, 2.75) is 20.4 Å². The standard InChI is InChI=1S/C27H41N5O7.CH4O/c1-21(2)27(39)23-5-3-22(4-6-23)17-28-24(34)18-30-11-13-31(19-25(35)36)9-7-29(15-16-33)8-10-32(14-12-30)20-26(37)38;1-2/h3-6,16,21H,7-15,17-20H2,1-2H3,(H,28,34)(H,35,36)(H,37,38);2H,1H3. The molecule has 0 radical (unpaired) electrons. The summed E-state index contributed by atoms with van der Waals surface area (Å²) in [5.74, 6) is -2.16. The molecule has 0 bridgehead atoms. The van der Waals surface area contributed by atoms with Crippen LogP contribution in [0, 0.1) is 5.92 Å². The monoisotopic (exact) mass is 579 g/mol. The average Bonchev–Trinajstić information content (AvgIpc) is 2.93. The summed E-state index contributed by atoms with van der Waals surface area (Å²) in [6.07, 6.45) is 0.787. The number of aldehydes is 1. The van der Waals surface area contributed by atoms with E-state index in [0.717, 1.165) is 19.0 Å². The fourth-order valence-electron chi connectivity index (χ4n) is 4.30. The molecule has 0 unspecified atom stereocenters. The highest BCUT2D eigenvalue weighted by Gasteiger charge is 2.20. The second kappa shape index (κ2) is 19.8. The Bertz CT molecular complexity index is 941. The number of rotatable bonds is 12. The third-order valence-corrected chi connectivity index (χ3v) is 6.60. The molecule has 1 saturated heterocycles. The SMILES string of the molecule is CC(C)C(=O)c1ccc(CNC(=O)CN2CCN(CC(=O)O)CCN(CC=O)CCN(CC(=O)O)CC2)cc1.CO. The number of benzene rings is 1. The maximum Gasteiger partial charge on any atom is 0.317 e. The van der Waals surface area contributed by atoms with Crippen LogP contribution in [0.1, 0.15) is 29.8 Å². The number of aliphatic hydroxyl groups is 1. The van der Waals surface area contributed by atoms with Crippen LogP contribution in [0.25, 0.3) is 0 Å². The van der Waals surface area contributed by atoms with Crippen LogP contribution >= 0.6 is 0 Å². The molecule has 0 aliphatic carbocycles. The van der Waals surface area contributed by atoms with Crippen LogP contribution < -0.4 is 5.32 Å². The van der Waals surface area contributed by atoms with E-state index in [4.69, 9.17) is 5.11 Å². The van der Waals surface area contributed by atoms with E-state index in [9.17, 15) is 34.2 Å². The Labute approximate surface area is 241 Å². The predicted molar refractivity (Wildman–Crippen MR) is 153 cm³/mol. The number of Topliss-reactive ketones (excluding diaryl/α,β-unsaturated/α-hetero) is 1. The Morgan fingerprint density at radius 2 is 1.17 bits per heavy atom. The van der Waals surface area contributed by atoms with Crippen LogP contribution in [0.2, 0.25) is 0 Å². The number of amides is 1. The lowest BCUT2D eigenvalue weighted by molar-refractivity contribution is -0.139. The molecule has 1 heterocycles. The number of aliphatic hydroxyl groups excluding tert-OH is 1. The van der Waals surface area contributed by atoms with Gasteiger partial charge < -0.3 is 25.4 Å². The quantitative estimate of drug-likeness (QED) is 0.182. The largest absolute Gasteiger partial charge is 0.480 e. The summed E-state index contributed by atoms with van der Waals surface area (Å²) in [4.78, 5) is 66.2. The Kier molecular flexibility index (Phi) is 17.3. The van der Waals surface area contributed by atoms with Crippen molar-refractivity contribution in [3.05, 3.63) is 35.4 Å². The zero-order valence-corrected chi connectivity index (χ0v) is 24.3. The van der Waals surface area contributed by atoms with E-state index in [-0.39, 0.29) is 43.8 Å². The molecule has 1 aromatic carbocycles. The van der Waals surface area contributed by atoms with Crippen LogP contribution in [0.3, 0.4) is 0 Å². The lowest BCUT2D eigenvalue weighted by atomic mass is 10.00.